The molecule has 0 atom stereocenters. The molecule has 2 N–H and O–H groups in total. The second-order valence-electron chi connectivity index (χ2n) is 7.07. The predicted molar refractivity (Wildman–Crippen MR) is 109 cm³/mol. The number of hydrogen-bond donors (Lipinski definition) is 2. The van der Waals surface area contributed by atoms with E-state index in [1.807, 2.05) is 18.2 Å². The molecule has 7 heteroatoms. The summed E-state index contributed by atoms with van der Waals surface area (Å²) in [6, 6.07) is 11.7. The highest BCUT2D eigenvalue weighted by atomic mass is 16.2. The summed E-state index contributed by atoms with van der Waals surface area (Å²) < 4.78 is 1.36. The predicted octanol–water partition coefficient (Wildman–Crippen LogP) is 2.02. The summed E-state index contributed by atoms with van der Waals surface area (Å²) in [6.07, 6.45) is 0. The highest BCUT2D eigenvalue weighted by Crippen LogP contribution is 2.31. The van der Waals surface area contributed by atoms with Crippen molar-refractivity contribution in [2.24, 2.45) is 5.10 Å². The van der Waals surface area contributed by atoms with Gasteiger partial charge in [0.05, 0.1) is 11.1 Å². The summed E-state index contributed by atoms with van der Waals surface area (Å²) in [5, 5.41) is 12.8. The average Bonchev–Trinajstić information content (AvgIpc) is 2.64. The molecular formula is C21H21N5O2. The number of nitrogens with zero attached hydrogens (tertiary/aromatic N) is 3. The molecule has 1 aliphatic heterocycles. The van der Waals surface area contributed by atoms with Crippen molar-refractivity contribution in [3.8, 4) is 11.3 Å². The Bertz CT molecular complexity index is 1170. The van der Waals surface area contributed by atoms with Crippen LogP contribution in [0.5, 0.6) is 0 Å². The lowest BCUT2D eigenvalue weighted by molar-refractivity contribution is -0.119. The Kier molecular flexibility index (Phi) is 4.43. The third kappa shape index (κ3) is 3.15. The van der Waals surface area contributed by atoms with E-state index in [2.05, 4.69) is 53.8 Å². The van der Waals surface area contributed by atoms with Crippen molar-refractivity contribution in [3.63, 3.8) is 0 Å². The summed E-state index contributed by atoms with van der Waals surface area (Å²) in [6.45, 7) is 6.37. The van der Waals surface area contributed by atoms with Gasteiger partial charge in [0.15, 0.2) is 5.84 Å². The molecule has 0 spiro atoms. The van der Waals surface area contributed by atoms with Gasteiger partial charge < -0.3 is 5.32 Å². The fourth-order valence-electron chi connectivity index (χ4n) is 3.74. The molecule has 1 aliphatic rings. The maximum absolute atomic E-state index is 13.0. The molecule has 4 rings (SSSR count). The Morgan fingerprint density at radius 1 is 1.04 bits per heavy atom. The largest absolute Gasteiger partial charge is 0.310 e. The standard InChI is InChI=1S/C21H21N5O2/c1-12-8-13(2)19(14(3)9-12)20-15-6-4-5-7-16(15)21(28)26(25-20)11-17-23-18(27)10-22-24-17/h4-9,22H,10-11H2,1-3H3,(H,23,24,27). The summed E-state index contributed by atoms with van der Waals surface area (Å²) in [7, 11) is 0. The lowest BCUT2D eigenvalue weighted by Gasteiger charge is -2.17. The number of fused-ring (bicyclic) bond motifs is 1. The Morgan fingerprint density at radius 3 is 2.39 bits per heavy atom. The summed E-state index contributed by atoms with van der Waals surface area (Å²) in [4.78, 5) is 24.6. The van der Waals surface area contributed by atoms with Crippen molar-refractivity contribution in [2.45, 2.75) is 27.3 Å². The lowest BCUT2D eigenvalue weighted by Crippen LogP contribution is -2.45. The highest BCUT2D eigenvalue weighted by molar-refractivity contribution is 6.00. The van der Waals surface area contributed by atoms with Crippen LogP contribution in [0.15, 0.2) is 46.3 Å². The molecule has 7 nitrogen and oxygen atoms in total. The van der Waals surface area contributed by atoms with Crippen LogP contribution in [0.1, 0.15) is 16.7 Å². The minimum absolute atomic E-state index is 0.0827. The van der Waals surface area contributed by atoms with Gasteiger partial charge in [-0.15, -0.1) is 0 Å². The molecule has 0 bridgehead atoms. The van der Waals surface area contributed by atoms with Crippen LogP contribution in [0, 0.1) is 20.8 Å². The first-order chi connectivity index (χ1) is 13.4. The molecule has 0 saturated carbocycles. The van der Waals surface area contributed by atoms with Gasteiger partial charge in [0.25, 0.3) is 5.56 Å². The van der Waals surface area contributed by atoms with E-state index in [-0.39, 0.29) is 24.6 Å². The minimum Gasteiger partial charge on any atom is -0.310 e. The normalized spacial score (nSPS) is 13.8. The van der Waals surface area contributed by atoms with E-state index >= 15 is 0 Å². The Morgan fingerprint density at radius 2 is 1.71 bits per heavy atom. The minimum atomic E-state index is -0.218. The number of nitrogens with one attached hydrogen (secondary N) is 2. The van der Waals surface area contributed by atoms with Crippen molar-refractivity contribution in [1.82, 2.24) is 20.5 Å². The number of aryl methyl sites for hydroxylation is 3. The average molecular weight is 375 g/mol. The zero-order valence-electron chi connectivity index (χ0n) is 16.0. The number of carbonyl (C=O) groups is 1. The first-order valence-electron chi connectivity index (χ1n) is 9.11. The van der Waals surface area contributed by atoms with Gasteiger partial charge in [0.2, 0.25) is 5.91 Å². The second-order valence-corrected chi connectivity index (χ2v) is 7.07. The second kappa shape index (κ2) is 6.92. The van der Waals surface area contributed by atoms with Crippen LogP contribution in [0.2, 0.25) is 0 Å². The maximum Gasteiger partial charge on any atom is 0.275 e. The van der Waals surface area contributed by atoms with Gasteiger partial charge in [0, 0.05) is 10.9 Å². The number of rotatable bonds is 3. The Hall–Kier alpha value is -3.48. The Labute approximate surface area is 162 Å². The summed E-state index contributed by atoms with van der Waals surface area (Å²) >= 11 is 0. The molecule has 2 heterocycles. The van der Waals surface area contributed by atoms with Crippen LogP contribution in [0.4, 0.5) is 0 Å². The van der Waals surface area contributed by atoms with Crippen molar-refractivity contribution in [3.05, 3.63) is 63.4 Å². The quantitative estimate of drug-likeness (QED) is 0.733. The van der Waals surface area contributed by atoms with Crippen LogP contribution in [0.3, 0.4) is 0 Å². The number of hydrogen-bond acceptors (Lipinski definition) is 5. The van der Waals surface area contributed by atoms with E-state index in [4.69, 9.17) is 0 Å². The molecule has 0 fully saturated rings. The molecule has 0 saturated heterocycles. The first kappa shape index (κ1) is 17.9. The number of amidine groups is 1. The van der Waals surface area contributed by atoms with Crippen molar-refractivity contribution in [2.75, 3.05) is 6.54 Å². The third-order valence-corrected chi connectivity index (χ3v) is 4.82. The van der Waals surface area contributed by atoms with Gasteiger partial charge in [-0.05, 0) is 38.0 Å². The smallest absolute Gasteiger partial charge is 0.275 e. The van der Waals surface area contributed by atoms with E-state index in [1.54, 1.807) is 6.07 Å². The van der Waals surface area contributed by atoms with E-state index < -0.39 is 0 Å². The summed E-state index contributed by atoms with van der Waals surface area (Å²) in [5.74, 6) is 0.175. The van der Waals surface area contributed by atoms with Crippen LogP contribution >= 0.6 is 0 Å². The molecular weight excluding hydrogens is 354 g/mol. The molecule has 0 radical (unpaired) electrons. The number of amides is 1. The zero-order chi connectivity index (χ0) is 19.8. The van der Waals surface area contributed by atoms with Gasteiger partial charge in [-0.25, -0.2) is 4.68 Å². The fraction of sp³-hybridized carbons (Fsp3) is 0.238. The molecule has 0 aliphatic carbocycles. The van der Waals surface area contributed by atoms with E-state index in [1.165, 1.54) is 10.2 Å². The Balaban J connectivity index is 1.94. The monoisotopic (exact) mass is 375 g/mol. The van der Waals surface area contributed by atoms with Gasteiger partial charge in [-0.1, -0.05) is 35.9 Å². The van der Waals surface area contributed by atoms with Gasteiger partial charge in [-0.2, -0.15) is 10.2 Å². The molecule has 1 aromatic heterocycles. The first-order valence-corrected chi connectivity index (χ1v) is 9.11. The summed E-state index contributed by atoms with van der Waals surface area (Å²) in [5.41, 5.74) is 7.60. The van der Waals surface area contributed by atoms with Crippen molar-refractivity contribution < 1.29 is 4.79 Å². The van der Waals surface area contributed by atoms with Crippen LogP contribution in [-0.4, -0.2) is 28.1 Å². The molecule has 0 unspecified atom stereocenters. The van der Waals surface area contributed by atoms with Crippen molar-refractivity contribution in [1.29, 1.82) is 0 Å². The molecule has 28 heavy (non-hydrogen) atoms. The van der Waals surface area contributed by atoms with Gasteiger partial charge >= 0.3 is 0 Å². The van der Waals surface area contributed by atoms with E-state index in [9.17, 15) is 9.59 Å². The van der Waals surface area contributed by atoms with E-state index in [0.717, 1.165) is 27.8 Å². The number of aromatic nitrogens is 2. The SMILES string of the molecule is Cc1cc(C)c(-c2nn(CC3=NNCC(=O)N3)c(=O)c3ccccc23)c(C)c1. The van der Waals surface area contributed by atoms with E-state index in [0.29, 0.717) is 11.2 Å². The number of hydrazone groups is 1. The highest BCUT2D eigenvalue weighted by Gasteiger charge is 2.18. The van der Waals surface area contributed by atoms with Gasteiger partial charge in [-0.3, -0.25) is 15.0 Å². The van der Waals surface area contributed by atoms with Crippen LogP contribution in [0.25, 0.3) is 22.0 Å². The van der Waals surface area contributed by atoms with Gasteiger partial charge in [0.1, 0.15) is 13.1 Å². The number of carbonyl (C=O) groups excluding carboxylic acids is 1. The number of benzene rings is 2. The molecule has 1 amide bonds. The molecule has 2 aromatic carbocycles. The van der Waals surface area contributed by atoms with Crippen LogP contribution in [-0.2, 0) is 11.3 Å². The zero-order valence-corrected chi connectivity index (χ0v) is 16.0. The van der Waals surface area contributed by atoms with Crippen LogP contribution < -0.4 is 16.3 Å². The fourth-order valence-corrected chi connectivity index (χ4v) is 3.74. The lowest BCUT2D eigenvalue weighted by atomic mass is 9.94. The topological polar surface area (TPSA) is 88.4 Å². The molecule has 142 valence electrons. The van der Waals surface area contributed by atoms with Crippen molar-refractivity contribution >= 4 is 22.5 Å². The molecule has 3 aromatic rings. The maximum atomic E-state index is 13.0. The third-order valence-electron chi connectivity index (χ3n) is 4.82.